The fourth-order valence-electron chi connectivity index (χ4n) is 3.08. The normalized spacial score (nSPS) is 11.0. The van der Waals surface area contributed by atoms with E-state index in [-0.39, 0.29) is 5.91 Å². The largest absolute Gasteiger partial charge is 0.493 e. The number of amides is 1. The van der Waals surface area contributed by atoms with Crippen molar-refractivity contribution in [3.63, 3.8) is 0 Å². The molecule has 0 fully saturated rings. The fraction of sp³-hybridized carbons (Fsp3) is 0.115. The molecule has 3 N–H and O–H groups in total. The Kier molecular flexibility index (Phi) is 7.54. The monoisotopic (exact) mass is 430 g/mol. The lowest BCUT2D eigenvalue weighted by Gasteiger charge is -2.12. The molecule has 1 amide bonds. The molecule has 164 valence electrons. The van der Waals surface area contributed by atoms with E-state index in [1.54, 1.807) is 33.5 Å². The highest BCUT2D eigenvalue weighted by Crippen LogP contribution is 2.38. The zero-order chi connectivity index (χ0) is 22.9. The highest BCUT2D eigenvalue weighted by atomic mass is 16.5. The molecule has 0 aliphatic carbocycles. The first-order valence-corrected chi connectivity index (χ1v) is 9.95. The van der Waals surface area contributed by atoms with Gasteiger partial charge in [-0.1, -0.05) is 42.5 Å². The Bertz CT molecular complexity index is 1110. The third-order valence-corrected chi connectivity index (χ3v) is 4.74. The van der Waals surface area contributed by atoms with Gasteiger partial charge in [0, 0.05) is 17.5 Å². The van der Waals surface area contributed by atoms with Crippen LogP contribution in [0.3, 0.4) is 0 Å². The first-order valence-electron chi connectivity index (χ1n) is 9.95. The molecule has 6 nitrogen and oxygen atoms in total. The Morgan fingerprint density at radius 3 is 2.03 bits per heavy atom. The second kappa shape index (κ2) is 10.7. The van der Waals surface area contributed by atoms with Crippen LogP contribution in [0.5, 0.6) is 17.2 Å². The van der Waals surface area contributed by atoms with E-state index in [1.165, 1.54) is 6.08 Å². The Morgan fingerprint density at radius 1 is 0.812 bits per heavy atom. The number of methoxy groups -OCH3 is 3. The fourth-order valence-corrected chi connectivity index (χ4v) is 3.08. The molecule has 0 heterocycles. The van der Waals surface area contributed by atoms with Gasteiger partial charge in [0.05, 0.1) is 21.3 Å². The Morgan fingerprint density at radius 2 is 1.44 bits per heavy atom. The number of hydrogen-bond acceptors (Lipinski definition) is 5. The van der Waals surface area contributed by atoms with Gasteiger partial charge in [-0.2, -0.15) is 0 Å². The minimum Gasteiger partial charge on any atom is -0.493 e. The molecule has 0 aliphatic rings. The highest BCUT2D eigenvalue weighted by Gasteiger charge is 2.11. The second-order valence-corrected chi connectivity index (χ2v) is 6.87. The molecular weight excluding hydrogens is 404 g/mol. The van der Waals surface area contributed by atoms with Gasteiger partial charge in [-0.25, -0.2) is 0 Å². The van der Waals surface area contributed by atoms with Gasteiger partial charge in [0.2, 0.25) is 11.7 Å². The Hall–Kier alpha value is -4.19. The number of carbonyl (C=O) groups is 1. The van der Waals surface area contributed by atoms with Crippen LogP contribution < -0.4 is 25.3 Å². The number of nitrogens with two attached hydrogens (primary N) is 1. The summed E-state index contributed by atoms with van der Waals surface area (Å²) in [4.78, 5) is 12.2. The minimum absolute atomic E-state index is 0.228. The lowest BCUT2D eigenvalue weighted by molar-refractivity contribution is -0.111. The minimum atomic E-state index is -0.228. The first-order chi connectivity index (χ1) is 15.5. The Labute approximate surface area is 187 Å². The van der Waals surface area contributed by atoms with Crippen LogP contribution in [0, 0.1) is 0 Å². The predicted molar refractivity (Wildman–Crippen MR) is 130 cm³/mol. The van der Waals surface area contributed by atoms with E-state index in [0.717, 1.165) is 16.7 Å². The molecule has 32 heavy (non-hydrogen) atoms. The number of para-hydroxylation sites is 1. The highest BCUT2D eigenvalue weighted by molar-refractivity contribution is 6.02. The molecule has 0 saturated carbocycles. The van der Waals surface area contributed by atoms with E-state index in [4.69, 9.17) is 19.9 Å². The van der Waals surface area contributed by atoms with E-state index in [2.05, 4.69) is 5.32 Å². The van der Waals surface area contributed by atoms with E-state index in [9.17, 15) is 4.79 Å². The quantitative estimate of drug-likeness (QED) is 0.295. The lowest BCUT2D eigenvalue weighted by atomic mass is 10.1. The summed E-state index contributed by atoms with van der Waals surface area (Å²) in [6.07, 6.45) is 7.07. The lowest BCUT2D eigenvalue weighted by Crippen LogP contribution is -2.07. The maximum absolute atomic E-state index is 12.2. The van der Waals surface area contributed by atoms with Crippen molar-refractivity contribution in [1.29, 1.82) is 0 Å². The van der Waals surface area contributed by atoms with E-state index >= 15 is 0 Å². The molecule has 0 spiro atoms. The van der Waals surface area contributed by atoms with Crippen molar-refractivity contribution in [1.82, 2.24) is 0 Å². The average molecular weight is 431 g/mol. The molecule has 3 rings (SSSR count). The molecule has 0 aliphatic heterocycles. The number of nitrogen functional groups attached to an aromatic ring is 1. The molecule has 0 radical (unpaired) electrons. The molecule has 0 atom stereocenters. The third kappa shape index (κ3) is 5.70. The summed E-state index contributed by atoms with van der Waals surface area (Å²) in [5, 5.41) is 2.84. The van der Waals surface area contributed by atoms with Gasteiger partial charge in [-0.05, 0) is 53.1 Å². The van der Waals surface area contributed by atoms with Crippen molar-refractivity contribution in [3.8, 4) is 17.2 Å². The first kappa shape index (κ1) is 22.5. The number of nitrogens with one attached hydrogen (secondary N) is 1. The standard InChI is InChI=1S/C26H26N2O4/c1-30-23-16-19(17-24(31-2)26(23)32-3)9-8-18-10-13-21(14-11-18)28-25(29)15-12-20-6-4-5-7-22(20)27/h4-17H,27H2,1-3H3,(H,28,29)/b9-8+,15-12+. The van der Waals surface area contributed by atoms with Crippen molar-refractivity contribution in [2.24, 2.45) is 0 Å². The maximum Gasteiger partial charge on any atom is 0.248 e. The van der Waals surface area contributed by atoms with Crippen LogP contribution in [0.25, 0.3) is 18.2 Å². The smallest absolute Gasteiger partial charge is 0.248 e. The van der Waals surface area contributed by atoms with Crippen LogP contribution >= 0.6 is 0 Å². The third-order valence-electron chi connectivity index (χ3n) is 4.74. The maximum atomic E-state index is 12.2. The van der Waals surface area contributed by atoms with Crippen LogP contribution in [0.2, 0.25) is 0 Å². The van der Waals surface area contributed by atoms with Gasteiger partial charge in [0.25, 0.3) is 0 Å². The molecule has 6 heteroatoms. The molecule has 0 unspecified atom stereocenters. The van der Waals surface area contributed by atoms with Gasteiger partial charge in [-0.3, -0.25) is 4.79 Å². The summed E-state index contributed by atoms with van der Waals surface area (Å²) in [5.74, 6) is 1.51. The molecule has 3 aromatic carbocycles. The summed E-state index contributed by atoms with van der Waals surface area (Å²) in [6, 6.07) is 18.6. The number of rotatable bonds is 8. The van der Waals surface area contributed by atoms with Gasteiger partial charge < -0.3 is 25.3 Å². The van der Waals surface area contributed by atoms with Crippen LogP contribution in [-0.4, -0.2) is 27.2 Å². The van der Waals surface area contributed by atoms with E-state index < -0.39 is 0 Å². The van der Waals surface area contributed by atoms with Crippen molar-refractivity contribution >= 4 is 35.5 Å². The molecule has 0 saturated heterocycles. The number of benzene rings is 3. The predicted octanol–water partition coefficient (Wildman–Crippen LogP) is 5.12. The average Bonchev–Trinajstić information content (AvgIpc) is 2.82. The summed E-state index contributed by atoms with van der Waals surface area (Å²) in [6.45, 7) is 0. The molecular formula is C26H26N2O4. The molecule has 3 aromatic rings. The second-order valence-electron chi connectivity index (χ2n) is 6.87. The topological polar surface area (TPSA) is 82.8 Å². The van der Waals surface area contributed by atoms with Gasteiger partial charge in [-0.15, -0.1) is 0 Å². The van der Waals surface area contributed by atoms with Crippen molar-refractivity contribution in [2.75, 3.05) is 32.4 Å². The summed E-state index contributed by atoms with van der Waals surface area (Å²) >= 11 is 0. The zero-order valence-electron chi connectivity index (χ0n) is 18.3. The van der Waals surface area contributed by atoms with Crippen LogP contribution in [0.1, 0.15) is 16.7 Å². The van der Waals surface area contributed by atoms with Crippen molar-refractivity contribution < 1.29 is 19.0 Å². The number of anilines is 2. The Balaban J connectivity index is 1.66. The summed E-state index contributed by atoms with van der Waals surface area (Å²) < 4.78 is 16.1. The molecule has 0 aromatic heterocycles. The van der Waals surface area contributed by atoms with Crippen LogP contribution in [0.15, 0.2) is 66.7 Å². The van der Waals surface area contributed by atoms with E-state index in [0.29, 0.717) is 28.6 Å². The van der Waals surface area contributed by atoms with Gasteiger partial charge >= 0.3 is 0 Å². The van der Waals surface area contributed by atoms with Crippen molar-refractivity contribution in [2.45, 2.75) is 0 Å². The number of ether oxygens (including phenoxy) is 3. The SMILES string of the molecule is COc1cc(/C=C/c2ccc(NC(=O)/C=C/c3ccccc3N)cc2)cc(OC)c1OC. The number of hydrogen-bond donors (Lipinski definition) is 2. The van der Waals surface area contributed by atoms with Gasteiger partial charge in [0.1, 0.15) is 0 Å². The summed E-state index contributed by atoms with van der Waals surface area (Å²) in [5.41, 5.74) is 9.89. The molecule has 0 bridgehead atoms. The number of carbonyl (C=O) groups excluding carboxylic acids is 1. The van der Waals surface area contributed by atoms with Gasteiger partial charge in [0.15, 0.2) is 11.5 Å². The van der Waals surface area contributed by atoms with Crippen molar-refractivity contribution in [3.05, 3.63) is 83.4 Å². The van der Waals surface area contributed by atoms with Crippen LogP contribution in [-0.2, 0) is 4.79 Å². The van der Waals surface area contributed by atoms with Crippen LogP contribution in [0.4, 0.5) is 11.4 Å². The zero-order valence-corrected chi connectivity index (χ0v) is 18.3. The summed E-state index contributed by atoms with van der Waals surface area (Å²) in [7, 11) is 4.74. The van der Waals surface area contributed by atoms with E-state index in [1.807, 2.05) is 66.7 Å².